The van der Waals surface area contributed by atoms with Crippen LogP contribution in [-0.4, -0.2) is 56.2 Å². The van der Waals surface area contributed by atoms with Gasteiger partial charge < -0.3 is 19.9 Å². The summed E-state index contributed by atoms with van der Waals surface area (Å²) in [6.07, 6.45) is 1.92. The van der Waals surface area contributed by atoms with Crippen molar-refractivity contribution in [3.05, 3.63) is 58.7 Å². The Morgan fingerprint density at radius 3 is 2.46 bits per heavy atom. The molecule has 0 saturated carbocycles. The van der Waals surface area contributed by atoms with Crippen molar-refractivity contribution in [2.24, 2.45) is 4.99 Å². The van der Waals surface area contributed by atoms with Gasteiger partial charge in [0.1, 0.15) is 5.82 Å². The van der Waals surface area contributed by atoms with E-state index in [1.165, 1.54) is 5.56 Å². The molecular weight excluding hydrogens is 489 g/mol. The van der Waals surface area contributed by atoms with Crippen LogP contribution in [0.4, 0.5) is 5.82 Å². The van der Waals surface area contributed by atoms with E-state index < -0.39 is 0 Å². The SMILES string of the molecule is CN=C(NCc1ccc(N2CCOCC2)nc1)N(C)Cc1ccc(Cl)cc1.I. The summed E-state index contributed by atoms with van der Waals surface area (Å²) in [5.41, 5.74) is 2.30. The van der Waals surface area contributed by atoms with Crippen LogP contribution in [-0.2, 0) is 17.8 Å². The molecule has 152 valence electrons. The summed E-state index contributed by atoms with van der Waals surface area (Å²) in [5.74, 6) is 1.84. The number of anilines is 1. The van der Waals surface area contributed by atoms with E-state index >= 15 is 0 Å². The Morgan fingerprint density at radius 1 is 1.18 bits per heavy atom. The van der Waals surface area contributed by atoms with Gasteiger partial charge in [0.05, 0.1) is 13.2 Å². The number of nitrogens with one attached hydrogen (secondary N) is 1. The van der Waals surface area contributed by atoms with E-state index in [4.69, 9.17) is 16.3 Å². The Kier molecular flexibility index (Phi) is 9.27. The summed E-state index contributed by atoms with van der Waals surface area (Å²) in [6, 6.07) is 12.0. The normalized spacial score (nSPS) is 14.4. The maximum Gasteiger partial charge on any atom is 0.193 e. The second-order valence-electron chi connectivity index (χ2n) is 6.51. The number of nitrogens with zero attached hydrogens (tertiary/aromatic N) is 4. The maximum absolute atomic E-state index is 5.95. The van der Waals surface area contributed by atoms with Gasteiger partial charge in [-0.05, 0) is 29.3 Å². The van der Waals surface area contributed by atoms with Crippen LogP contribution in [0, 0.1) is 0 Å². The Morgan fingerprint density at radius 2 is 1.86 bits per heavy atom. The fraction of sp³-hybridized carbons (Fsp3) is 0.400. The van der Waals surface area contributed by atoms with Crippen molar-refractivity contribution < 1.29 is 4.74 Å². The van der Waals surface area contributed by atoms with E-state index in [-0.39, 0.29) is 24.0 Å². The second-order valence-corrected chi connectivity index (χ2v) is 6.94. The summed E-state index contributed by atoms with van der Waals surface area (Å²) in [7, 11) is 3.81. The van der Waals surface area contributed by atoms with Crippen LogP contribution in [0.25, 0.3) is 0 Å². The number of halogens is 2. The molecule has 0 amide bonds. The molecule has 2 aromatic rings. The summed E-state index contributed by atoms with van der Waals surface area (Å²) in [5, 5.41) is 4.14. The fourth-order valence-electron chi connectivity index (χ4n) is 3.01. The minimum absolute atomic E-state index is 0. The quantitative estimate of drug-likeness (QED) is 0.376. The smallest absolute Gasteiger partial charge is 0.193 e. The molecule has 1 aliphatic rings. The molecule has 0 spiro atoms. The van der Waals surface area contributed by atoms with E-state index in [9.17, 15) is 0 Å². The molecule has 28 heavy (non-hydrogen) atoms. The van der Waals surface area contributed by atoms with E-state index in [0.29, 0.717) is 6.54 Å². The summed E-state index contributed by atoms with van der Waals surface area (Å²) in [6.45, 7) is 4.75. The number of guanidine groups is 1. The number of ether oxygens (including phenoxy) is 1. The van der Waals surface area contributed by atoms with Gasteiger partial charge in [0.15, 0.2) is 5.96 Å². The van der Waals surface area contributed by atoms with Crippen LogP contribution < -0.4 is 10.2 Å². The number of benzene rings is 1. The lowest BCUT2D eigenvalue weighted by Gasteiger charge is -2.27. The summed E-state index contributed by atoms with van der Waals surface area (Å²) < 4.78 is 5.39. The Balaban J connectivity index is 0.00000280. The van der Waals surface area contributed by atoms with Crippen LogP contribution in [0.2, 0.25) is 5.02 Å². The van der Waals surface area contributed by atoms with Crippen LogP contribution in [0.3, 0.4) is 0 Å². The van der Waals surface area contributed by atoms with Crippen molar-refractivity contribution in [1.82, 2.24) is 15.2 Å². The van der Waals surface area contributed by atoms with Crippen molar-refractivity contribution in [2.45, 2.75) is 13.1 Å². The molecule has 1 N–H and O–H groups in total. The average Bonchev–Trinajstić information content (AvgIpc) is 2.71. The zero-order valence-corrected chi connectivity index (χ0v) is 19.4. The zero-order valence-electron chi connectivity index (χ0n) is 16.3. The maximum atomic E-state index is 5.95. The van der Waals surface area contributed by atoms with Crippen LogP contribution in [0.1, 0.15) is 11.1 Å². The largest absolute Gasteiger partial charge is 0.378 e. The van der Waals surface area contributed by atoms with Gasteiger partial charge in [0, 0.05) is 51.5 Å². The minimum atomic E-state index is 0. The van der Waals surface area contributed by atoms with Gasteiger partial charge >= 0.3 is 0 Å². The molecule has 1 aliphatic heterocycles. The van der Waals surface area contributed by atoms with Crippen molar-refractivity contribution >= 4 is 47.4 Å². The van der Waals surface area contributed by atoms with Crippen LogP contribution in [0.5, 0.6) is 0 Å². The molecule has 0 unspecified atom stereocenters. The second kappa shape index (κ2) is 11.4. The Hall–Kier alpha value is -1.58. The number of rotatable bonds is 5. The van der Waals surface area contributed by atoms with Gasteiger partial charge in [-0.2, -0.15) is 0 Å². The van der Waals surface area contributed by atoms with Gasteiger partial charge in [-0.15, -0.1) is 24.0 Å². The van der Waals surface area contributed by atoms with E-state index in [1.54, 1.807) is 7.05 Å². The zero-order chi connectivity index (χ0) is 19.1. The highest BCUT2D eigenvalue weighted by atomic mass is 127. The summed E-state index contributed by atoms with van der Waals surface area (Å²) >= 11 is 5.95. The van der Waals surface area contributed by atoms with Gasteiger partial charge in [-0.1, -0.05) is 29.8 Å². The molecular formula is C20H27ClIN5O. The Bertz CT molecular complexity index is 748. The molecule has 1 aromatic carbocycles. The molecule has 0 radical (unpaired) electrons. The third-order valence-electron chi connectivity index (χ3n) is 4.50. The molecule has 0 atom stereocenters. The monoisotopic (exact) mass is 515 g/mol. The predicted octanol–water partition coefficient (Wildman–Crippen LogP) is 3.40. The van der Waals surface area contributed by atoms with Crippen molar-refractivity contribution in [2.75, 3.05) is 45.3 Å². The first kappa shape index (κ1) is 22.7. The third-order valence-corrected chi connectivity index (χ3v) is 4.75. The first-order valence-corrected chi connectivity index (χ1v) is 9.47. The lowest BCUT2D eigenvalue weighted by atomic mass is 10.2. The van der Waals surface area contributed by atoms with Gasteiger partial charge in [-0.25, -0.2) is 4.98 Å². The first-order valence-electron chi connectivity index (χ1n) is 9.09. The number of aromatic nitrogens is 1. The molecule has 8 heteroatoms. The van der Waals surface area contributed by atoms with Crippen molar-refractivity contribution in [1.29, 1.82) is 0 Å². The number of morpholine rings is 1. The molecule has 0 bridgehead atoms. The van der Waals surface area contributed by atoms with Crippen LogP contribution in [0.15, 0.2) is 47.6 Å². The number of pyridine rings is 1. The molecule has 3 rings (SSSR count). The van der Waals surface area contributed by atoms with Gasteiger partial charge in [0.2, 0.25) is 0 Å². The molecule has 0 aliphatic carbocycles. The van der Waals surface area contributed by atoms with Gasteiger partial charge in [-0.3, -0.25) is 4.99 Å². The number of hydrogen-bond acceptors (Lipinski definition) is 4. The molecule has 6 nitrogen and oxygen atoms in total. The van der Waals surface area contributed by atoms with Gasteiger partial charge in [0.25, 0.3) is 0 Å². The number of aliphatic imine (C=N–C) groups is 1. The summed E-state index contributed by atoms with van der Waals surface area (Å²) in [4.78, 5) is 13.3. The Labute approximate surface area is 189 Å². The lowest BCUT2D eigenvalue weighted by Crippen LogP contribution is -2.38. The van der Waals surface area contributed by atoms with Crippen molar-refractivity contribution in [3.63, 3.8) is 0 Å². The molecule has 1 aromatic heterocycles. The predicted molar refractivity (Wildman–Crippen MR) is 126 cm³/mol. The van der Waals surface area contributed by atoms with E-state index in [1.807, 2.05) is 37.5 Å². The number of hydrogen-bond donors (Lipinski definition) is 1. The van der Waals surface area contributed by atoms with E-state index in [2.05, 4.69) is 37.2 Å². The fourth-order valence-corrected chi connectivity index (χ4v) is 3.13. The highest BCUT2D eigenvalue weighted by Gasteiger charge is 2.12. The highest BCUT2D eigenvalue weighted by molar-refractivity contribution is 14.0. The topological polar surface area (TPSA) is 53.0 Å². The lowest BCUT2D eigenvalue weighted by molar-refractivity contribution is 0.122. The molecule has 2 heterocycles. The average molecular weight is 516 g/mol. The molecule has 1 fully saturated rings. The molecule has 1 saturated heterocycles. The van der Waals surface area contributed by atoms with Crippen molar-refractivity contribution in [3.8, 4) is 0 Å². The standard InChI is InChI=1S/C20H26ClN5O.HI/c1-22-20(25(2)15-16-3-6-18(21)7-4-16)24-14-17-5-8-19(23-13-17)26-9-11-27-12-10-26;/h3-8,13H,9-12,14-15H2,1-2H3,(H,22,24);1H. The highest BCUT2D eigenvalue weighted by Crippen LogP contribution is 2.13. The minimum Gasteiger partial charge on any atom is -0.378 e. The third kappa shape index (κ3) is 6.49. The van der Waals surface area contributed by atoms with E-state index in [0.717, 1.165) is 55.2 Å². The first-order chi connectivity index (χ1) is 13.2. The van der Waals surface area contributed by atoms with Crippen LogP contribution >= 0.6 is 35.6 Å².